The molecule has 9 heteroatoms. The van der Waals surface area contributed by atoms with Crippen LogP contribution >= 0.6 is 11.6 Å². The van der Waals surface area contributed by atoms with Crippen LogP contribution in [-0.2, 0) is 11.2 Å². The number of non-ortho nitro benzene ring substituents is 1. The third-order valence-corrected chi connectivity index (χ3v) is 5.91. The van der Waals surface area contributed by atoms with Gasteiger partial charge >= 0.3 is 0 Å². The number of nitro benzene ring substituents is 1. The summed E-state index contributed by atoms with van der Waals surface area (Å²) in [4.78, 5) is 41.4. The highest BCUT2D eigenvalue weighted by Gasteiger charge is 2.29. The van der Waals surface area contributed by atoms with Gasteiger partial charge in [-0.25, -0.2) is 0 Å². The number of rotatable bonds is 4. The summed E-state index contributed by atoms with van der Waals surface area (Å²) in [6.45, 7) is 3.12. The topological polar surface area (TPSA) is 87.0 Å². The van der Waals surface area contributed by atoms with Crippen molar-refractivity contribution in [3.63, 3.8) is 0 Å². The predicted octanol–water partition coefficient (Wildman–Crippen LogP) is 2.60. The Bertz CT molecular complexity index is 1000. The first-order chi connectivity index (χ1) is 14.4. The van der Waals surface area contributed by atoms with Gasteiger partial charge in [-0.2, -0.15) is 0 Å². The molecule has 8 nitrogen and oxygen atoms in total. The Morgan fingerprint density at radius 1 is 1.03 bits per heavy atom. The molecule has 0 saturated carbocycles. The Balaban J connectivity index is 1.34. The lowest BCUT2D eigenvalue weighted by Crippen LogP contribution is -2.51. The van der Waals surface area contributed by atoms with E-state index in [1.165, 1.54) is 23.8 Å². The first-order valence-corrected chi connectivity index (χ1v) is 10.2. The van der Waals surface area contributed by atoms with Crippen molar-refractivity contribution in [2.24, 2.45) is 0 Å². The van der Waals surface area contributed by atoms with Crippen molar-refractivity contribution < 1.29 is 14.5 Å². The van der Waals surface area contributed by atoms with E-state index >= 15 is 0 Å². The van der Waals surface area contributed by atoms with Crippen LogP contribution in [0.15, 0.2) is 42.5 Å². The summed E-state index contributed by atoms with van der Waals surface area (Å²) in [5, 5.41) is 10.9. The molecule has 2 aromatic rings. The Morgan fingerprint density at radius 2 is 1.77 bits per heavy atom. The maximum atomic E-state index is 12.8. The molecule has 2 aromatic carbocycles. The summed E-state index contributed by atoms with van der Waals surface area (Å²) < 4.78 is 0. The molecule has 2 aliphatic heterocycles. The second kappa shape index (κ2) is 8.41. The van der Waals surface area contributed by atoms with E-state index in [1.807, 2.05) is 28.0 Å². The number of amides is 2. The van der Waals surface area contributed by atoms with Crippen LogP contribution in [0.1, 0.15) is 15.9 Å². The summed E-state index contributed by atoms with van der Waals surface area (Å²) >= 11 is 6.09. The maximum Gasteiger partial charge on any atom is 0.270 e. The van der Waals surface area contributed by atoms with Crippen molar-refractivity contribution in [1.29, 1.82) is 0 Å². The minimum Gasteiger partial charge on any atom is -0.336 e. The van der Waals surface area contributed by atoms with Gasteiger partial charge in [0.15, 0.2) is 0 Å². The fourth-order valence-electron chi connectivity index (χ4n) is 3.94. The lowest BCUT2D eigenvalue weighted by Gasteiger charge is -2.35. The van der Waals surface area contributed by atoms with E-state index in [9.17, 15) is 19.7 Å². The first-order valence-electron chi connectivity index (χ1n) is 9.78. The second-order valence-electron chi connectivity index (χ2n) is 7.41. The lowest BCUT2D eigenvalue weighted by molar-refractivity contribution is -0.384. The van der Waals surface area contributed by atoms with Crippen molar-refractivity contribution in [3.8, 4) is 0 Å². The van der Waals surface area contributed by atoms with E-state index in [2.05, 4.69) is 6.07 Å². The Labute approximate surface area is 178 Å². The lowest BCUT2D eigenvalue weighted by atomic mass is 10.1. The smallest absolute Gasteiger partial charge is 0.270 e. The Kier molecular flexibility index (Phi) is 5.69. The minimum atomic E-state index is -0.547. The molecule has 0 bridgehead atoms. The van der Waals surface area contributed by atoms with Crippen LogP contribution in [0.3, 0.4) is 0 Å². The largest absolute Gasteiger partial charge is 0.336 e. The van der Waals surface area contributed by atoms with Gasteiger partial charge in [-0.1, -0.05) is 29.8 Å². The monoisotopic (exact) mass is 428 g/mol. The number of anilines is 1. The molecule has 1 saturated heterocycles. The van der Waals surface area contributed by atoms with E-state index in [-0.39, 0.29) is 28.1 Å². The van der Waals surface area contributed by atoms with Crippen LogP contribution in [0, 0.1) is 10.1 Å². The third kappa shape index (κ3) is 4.01. The molecule has 0 N–H and O–H groups in total. The van der Waals surface area contributed by atoms with Crippen LogP contribution in [0.5, 0.6) is 0 Å². The first kappa shape index (κ1) is 20.3. The van der Waals surface area contributed by atoms with E-state index in [0.717, 1.165) is 12.1 Å². The van der Waals surface area contributed by atoms with Gasteiger partial charge in [-0.3, -0.25) is 24.6 Å². The molecule has 2 amide bonds. The number of benzene rings is 2. The van der Waals surface area contributed by atoms with E-state index in [0.29, 0.717) is 39.3 Å². The van der Waals surface area contributed by atoms with Crippen molar-refractivity contribution in [2.45, 2.75) is 6.42 Å². The van der Waals surface area contributed by atoms with Gasteiger partial charge in [-0.05, 0) is 24.1 Å². The van der Waals surface area contributed by atoms with Crippen molar-refractivity contribution >= 4 is 34.8 Å². The molecule has 0 spiro atoms. The average molecular weight is 429 g/mol. The molecular formula is C21H21ClN4O4. The van der Waals surface area contributed by atoms with Gasteiger partial charge in [0, 0.05) is 50.5 Å². The number of halogens is 1. The Morgan fingerprint density at radius 3 is 2.47 bits per heavy atom. The number of nitrogens with zero attached hydrogens (tertiary/aromatic N) is 4. The van der Waals surface area contributed by atoms with Gasteiger partial charge in [0.2, 0.25) is 5.91 Å². The van der Waals surface area contributed by atoms with Gasteiger partial charge in [0.1, 0.15) is 0 Å². The molecule has 30 heavy (non-hydrogen) atoms. The number of piperazine rings is 1. The molecule has 0 atom stereocenters. The van der Waals surface area contributed by atoms with Crippen LogP contribution in [0.2, 0.25) is 5.02 Å². The van der Waals surface area contributed by atoms with Crippen molar-refractivity contribution in [2.75, 3.05) is 44.2 Å². The van der Waals surface area contributed by atoms with Gasteiger partial charge in [-0.15, -0.1) is 0 Å². The van der Waals surface area contributed by atoms with Crippen LogP contribution < -0.4 is 4.90 Å². The molecule has 0 aromatic heterocycles. The summed E-state index contributed by atoms with van der Waals surface area (Å²) in [6.07, 6.45) is 0.875. The average Bonchev–Trinajstić information content (AvgIpc) is 3.18. The van der Waals surface area contributed by atoms with Crippen LogP contribution in [0.25, 0.3) is 0 Å². The van der Waals surface area contributed by atoms with Gasteiger partial charge in [0.05, 0.1) is 22.1 Å². The van der Waals surface area contributed by atoms with E-state index < -0.39 is 4.92 Å². The fraction of sp³-hybridized carbons (Fsp3) is 0.333. The molecule has 4 rings (SSSR count). The zero-order chi connectivity index (χ0) is 21.3. The molecule has 0 radical (unpaired) electrons. The SMILES string of the molecule is O=C(c1ccc([N+](=O)[O-])cc1Cl)N1CCN(CC(=O)N2CCc3ccccc32)CC1. The second-order valence-corrected chi connectivity index (χ2v) is 7.82. The molecule has 0 aliphatic carbocycles. The van der Waals surface area contributed by atoms with Crippen LogP contribution in [0.4, 0.5) is 11.4 Å². The highest BCUT2D eigenvalue weighted by Crippen LogP contribution is 2.28. The van der Waals surface area contributed by atoms with E-state index in [4.69, 9.17) is 11.6 Å². The number of hydrogen-bond acceptors (Lipinski definition) is 5. The Hall–Kier alpha value is -2.97. The molecule has 2 aliphatic rings. The third-order valence-electron chi connectivity index (χ3n) is 5.60. The fourth-order valence-corrected chi connectivity index (χ4v) is 4.20. The quantitative estimate of drug-likeness (QED) is 0.551. The summed E-state index contributed by atoms with van der Waals surface area (Å²) in [5.74, 6) is -0.188. The van der Waals surface area contributed by atoms with E-state index in [1.54, 1.807) is 4.90 Å². The van der Waals surface area contributed by atoms with Crippen LogP contribution in [-0.4, -0.2) is 65.8 Å². The number of nitro groups is 1. The highest BCUT2D eigenvalue weighted by molar-refractivity contribution is 6.34. The molecule has 0 unspecified atom stereocenters. The molecule has 156 valence electrons. The molecule has 1 fully saturated rings. The zero-order valence-corrected chi connectivity index (χ0v) is 17.0. The number of carbonyl (C=O) groups is 2. The summed E-state index contributed by atoms with van der Waals surface area (Å²) in [6, 6.07) is 11.8. The van der Waals surface area contributed by atoms with Gasteiger partial charge in [0.25, 0.3) is 11.6 Å². The summed E-state index contributed by atoms with van der Waals surface area (Å²) in [5.41, 5.74) is 2.29. The number of hydrogen-bond donors (Lipinski definition) is 0. The molecule has 2 heterocycles. The predicted molar refractivity (Wildman–Crippen MR) is 113 cm³/mol. The number of fused-ring (bicyclic) bond motifs is 1. The minimum absolute atomic E-state index is 0.0677. The van der Waals surface area contributed by atoms with Crippen molar-refractivity contribution in [1.82, 2.24) is 9.80 Å². The van der Waals surface area contributed by atoms with Gasteiger partial charge < -0.3 is 9.80 Å². The molecular weight excluding hydrogens is 408 g/mol. The normalized spacial score (nSPS) is 16.4. The number of carbonyl (C=O) groups excluding carboxylic acids is 2. The summed E-state index contributed by atoms with van der Waals surface area (Å²) in [7, 11) is 0. The maximum absolute atomic E-state index is 12.8. The number of para-hydroxylation sites is 1. The van der Waals surface area contributed by atoms with Crippen molar-refractivity contribution in [3.05, 3.63) is 68.7 Å². The highest BCUT2D eigenvalue weighted by atomic mass is 35.5. The zero-order valence-electron chi connectivity index (χ0n) is 16.3. The standard InChI is InChI=1S/C21H21ClN4O4/c22-18-13-16(26(29)30)5-6-17(18)21(28)24-11-9-23(10-12-24)14-20(27)25-8-7-15-3-1-2-4-19(15)25/h1-6,13H,7-12,14H2.